The third-order valence-electron chi connectivity index (χ3n) is 5.85. The molecular formula is C25H20ClN3O2. The molecule has 0 radical (unpaired) electrons. The summed E-state index contributed by atoms with van der Waals surface area (Å²) >= 11 is 6.31. The summed E-state index contributed by atoms with van der Waals surface area (Å²) < 4.78 is 1.66. The third kappa shape index (κ3) is 3.31. The molecule has 1 aliphatic heterocycles. The highest BCUT2D eigenvalue weighted by Gasteiger charge is 2.36. The zero-order chi connectivity index (χ0) is 21.7. The predicted octanol–water partition coefficient (Wildman–Crippen LogP) is 5.60. The SMILES string of the molecule is Cc1ccc(-n2nc(C)c3c2NC(=O)C[C@@H]3C(=O)c2ccc3ccccc3c2)cc1Cl. The number of halogens is 1. The number of Topliss-reactive ketones (excluding diaryl/α,β-unsaturated/α-hetero) is 1. The topological polar surface area (TPSA) is 64.0 Å². The molecule has 0 spiro atoms. The fraction of sp³-hybridized carbons (Fsp3) is 0.160. The Labute approximate surface area is 184 Å². The van der Waals surface area contributed by atoms with Crippen LogP contribution in [0.5, 0.6) is 0 Å². The highest BCUT2D eigenvalue weighted by molar-refractivity contribution is 6.31. The number of benzene rings is 3. The average Bonchev–Trinajstić information content (AvgIpc) is 3.10. The number of carbonyl (C=O) groups excluding carboxylic acids is 2. The van der Waals surface area contributed by atoms with Crippen molar-refractivity contribution in [2.45, 2.75) is 26.2 Å². The first-order valence-corrected chi connectivity index (χ1v) is 10.5. The Bertz CT molecular complexity index is 1370. The Morgan fingerprint density at radius 1 is 1.06 bits per heavy atom. The smallest absolute Gasteiger partial charge is 0.226 e. The maximum atomic E-state index is 13.5. The molecule has 1 aliphatic rings. The highest BCUT2D eigenvalue weighted by Crippen LogP contribution is 2.39. The van der Waals surface area contributed by atoms with Gasteiger partial charge in [-0.1, -0.05) is 54.1 Å². The first-order valence-electron chi connectivity index (χ1n) is 10.1. The van der Waals surface area contributed by atoms with Crippen molar-refractivity contribution in [3.8, 4) is 5.69 Å². The van der Waals surface area contributed by atoms with Gasteiger partial charge in [-0.05, 0) is 48.4 Å². The molecule has 1 N–H and O–H groups in total. The number of aromatic nitrogens is 2. The molecule has 0 bridgehead atoms. The molecular weight excluding hydrogens is 410 g/mol. The molecule has 0 fully saturated rings. The minimum Gasteiger partial charge on any atom is -0.310 e. The molecule has 0 aliphatic carbocycles. The molecule has 1 aromatic heterocycles. The lowest BCUT2D eigenvalue weighted by Crippen LogP contribution is -2.28. The molecule has 0 saturated heterocycles. The number of rotatable bonds is 3. The van der Waals surface area contributed by atoms with Gasteiger partial charge in [0, 0.05) is 22.6 Å². The number of ketones is 1. The molecule has 1 atom stereocenters. The van der Waals surface area contributed by atoms with Gasteiger partial charge in [0.25, 0.3) is 0 Å². The number of aryl methyl sites for hydroxylation is 2. The lowest BCUT2D eigenvalue weighted by molar-refractivity contribution is -0.116. The summed E-state index contributed by atoms with van der Waals surface area (Å²) in [7, 11) is 0. The van der Waals surface area contributed by atoms with Gasteiger partial charge in [0.05, 0.1) is 17.3 Å². The average molecular weight is 430 g/mol. The molecule has 2 heterocycles. The van der Waals surface area contributed by atoms with Crippen LogP contribution >= 0.6 is 11.6 Å². The number of fused-ring (bicyclic) bond motifs is 2. The molecule has 0 saturated carbocycles. The molecule has 5 nitrogen and oxygen atoms in total. The van der Waals surface area contributed by atoms with Gasteiger partial charge >= 0.3 is 0 Å². The van der Waals surface area contributed by atoms with Gasteiger partial charge < -0.3 is 5.32 Å². The van der Waals surface area contributed by atoms with Crippen molar-refractivity contribution in [2.24, 2.45) is 0 Å². The van der Waals surface area contributed by atoms with Gasteiger partial charge in [-0.15, -0.1) is 0 Å². The summed E-state index contributed by atoms with van der Waals surface area (Å²) in [5, 5.41) is 10.2. The van der Waals surface area contributed by atoms with Gasteiger partial charge in [0.15, 0.2) is 5.78 Å². The number of hydrogen-bond donors (Lipinski definition) is 1. The Morgan fingerprint density at radius 3 is 2.61 bits per heavy atom. The molecule has 0 unspecified atom stereocenters. The van der Waals surface area contributed by atoms with E-state index in [1.54, 1.807) is 4.68 Å². The normalized spacial score (nSPS) is 15.6. The van der Waals surface area contributed by atoms with Crippen molar-refractivity contribution in [3.63, 3.8) is 0 Å². The summed E-state index contributed by atoms with van der Waals surface area (Å²) in [6.45, 7) is 3.79. The van der Waals surface area contributed by atoms with Crippen molar-refractivity contribution in [1.82, 2.24) is 9.78 Å². The fourth-order valence-electron chi connectivity index (χ4n) is 4.22. The van der Waals surface area contributed by atoms with Gasteiger partial charge in [-0.25, -0.2) is 4.68 Å². The van der Waals surface area contributed by atoms with Crippen LogP contribution in [0.2, 0.25) is 5.02 Å². The van der Waals surface area contributed by atoms with E-state index in [1.165, 1.54) is 0 Å². The Kier molecular flexibility index (Phi) is 4.63. The molecule has 1 amide bonds. The van der Waals surface area contributed by atoms with Gasteiger partial charge in [0.2, 0.25) is 5.91 Å². The maximum Gasteiger partial charge on any atom is 0.226 e. The Morgan fingerprint density at radius 2 is 1.84 bits per heavy atom. The highest BCUT2D eigenvalue weighted by atomic mass is 35.5. The first-order chi connectivity index (χ1) is 14.9. The quantitative estimate of drug-likeness (QED) is 0.431. The first kappa shape index (κ1) is 19.5. The van der Waals surface area contributed by atoms with Crippen molar-refractivity contribution in [2.75, 3.05) is 5.32 Å². The van der Waals surface area contributed by atoms with E-state index in [0.717, 1.165) is 27.6 Å². The van der Waals surface area contributed by atoms with E-state index in [1.807, 2.05) is 74.5 Å². The second-order valence-corrected chi connectivity index (χ2v) is 8.33. The van der Waals surface area contributed by atoms with E-state index < -0.39 is 5.92 Å². The van der Waals surface area contributed by atoms with Crippen LogP contribution in [0.1, 0.15) is 39.5 Å². The van der Waals surface area contributed by atoms with Gasteiger partial charge in [-0.3, -0.25) is 9.59 Å². The number of nitrogens with one attached hydrogen (secondary N) is 1. The second-order valence-electron chi connectivity index (χ2n) is 7.92. The van der Waals surface area contributed by atoms with Crippen LogP contribution in [0.4, 0.5) is 5.82 Å². The molecule has 31 heavy (non-hydrogen) atoms. The summed E-state index contributed by atoms with van der Waals surface area (Å²) in [5.74, 6) is -0.329. The molecule has 3 aromatic carbocycles. The van der Waals surface area contributed by atoms with Crippen LogP contribution in [-0.2, 0) is 4.79 Å². The second kappa shape index (κ2) is 7.36. The Hall–Kier alpha value is -3.44. The molecule has 5 rings (SSSR count). The van der Waals surface area contributed by atoms with Crippen LogP contribution in [0.25, 0.3) is 16.5 Å². The lowest BCUT2D eigenvalue weighted by Gasteiger charge is -2.23. The standard InChI is InChI=1S/C25H20ClN3O2/c1-14-7-10-19(12-21(14)26)29-25-23(15(2)28-29)20(13-22(30)27-25)24(31)18-9-8-16-5-3-4-6-17(16)11-18/h3-12,20H,13H2,1-2H3,(H,27,30)/t20-/m0/s1. The van der Waals surface area contributed by atoms with Gasteiger partial charge in [-0.2, -0.15) is 5.10 Å². The largest absolute Gasteiger partial charge is 0.310 e. The summed E-state index contributed by atoms with van der Waals surface area (Å²) in [6, 6.07) is 19.2. The van der Waals surface area contributed by atoms with Crippen LogP contribution in [0.3, 0.4) is 0 Å². The van der Waals surface area contributed by atoms with E-state index >= 15 is 0 Å². The number of hydrogen-bond acceptors (Lipinski definition) is 3. The minimum absolute atomic E-state index is 0.0774. The van der Waals surface area contributed by atoms with Crippen molar-refractivity contribution in [3.05, 3.63) is 88.1 Å². The van der Waals surface area contributed by atoms with Crippen LogP contribution in [0, 0.1) is 13.8 Å². The third-order valence-corrected chi connectivity index (χ3v) is 6.26. The van der Waals surface area contributed by atoms with Crippen LogP contribution in [-0.4, -0.2) is 21.5 Å². The van der Waals surface area contributed by atoms with Gasteiger partial charge in [0.1, 0.15) is 5.82 Å². The van der Waals surface area contributed by atoms with E-state index in [0.29, 0.717) is 22.1 Å². The predicted molar refractivity (Wildman–Crippen MR) is 122 cm³/mol. The minimum atomic E-state index is -0.584. The van der Waals surface area contributed by atoms with Crippen molar-refractivity contribution < 1.29 is 9.59 Å². The van der Waals surface area contributed by atoms with Crippen LogP contribution in [0.15, 0.2) is 60.7 Å². The maximum absolute atomic E-state index is 13.5. The molecule has 6 heteroatoms. The van der Waals surface area contributed by atoms with E-state index in [4.69, 9.17) is 11.6 Å². The molecule has 154 valence electrons. The summed E-state index contributed by atoms with van der Waals surface area (Å²) in [6.07, 6.45) is 0.0971. The number of carbonyl (C=O) groups is 2. The van der Waals surface area contributed by atoms with Crippen molar-refractivity contribution in [1.29, 1.82) is 0 Å². The van der Waals surface area contributed by atoms with Crippen LogP contribution < -0.4 is 5.32 Å². The van der Waals surface area contributed by atoms with Crippen molar-refractivity contribution >= 4 is 39.9 Å². The number of anilines is 1. The summed E-state index contributed by atoms with van der Waals surface area (Å²) in [4.78, 5) is 26.1. The lowest BCUT2D eigenvalue weighted by atomic mass is 9.85. The number of nitrogens with zero attached hydrogens (tertiary/aromatic N) is 2. The van der Waals surface area contributed by atoms with E-state index in [-0.39, 0.29) is 18.1 Å². The number of amides is 1. The zero-order valence-corrected chi connectivity index (χ0v) is 17.9. The van der Waals surface area contributed by atoms with E-state index in [2.05, 4.69) is 10.4 Å². The zero-order valence-electron chi connectivity index (χ0n) is 17.1. The monoisotopic (exact) mass is 429 g/mol. The fourth-order valence-corrected chi connectivity index (χ4v) is 4.39. The van der Waals surface area contributed by atoms with E-state index in [9.17, 15) is 9.59 Å². The Balaban J connectivity index is 1.60. The molecule has 4 aromatic rings. The summed E-state index contributed by atoms with van der Waals surface area (Å²) in [5.41, 5.74) is 3.76.